The number of hydrogen-bond donors (Lipinski definition) is 7. The molecule has 0 bridgehead atoms. The maximum absolute atomic E-state index is 15.7. The van der Waals surface area contributed by atoms with Crippen LogP contribution in [0.1, 0.15) is 120 Å². The van der Waals surface area contributed by atoms with E-state index in [2.05, 4.69) is 32.3 Å². The van der Waals surface area contributed by atoms with E-state index in [4.69, 9.17) is 21.2 Å². The first kappa shape index (κ1) is 70.9. The molecular weight excluding hydrogens is 1350 g/mol. The summed E-state index contributed by atoms with van der Waals surface area (Å²) in [4.78, 5) is 89.5. The minimum Gasteiger partial charge on any atom is -0.481 e. The molecule has 1 unspecified atom stereocenters. The van der Waals surface area contributed by atoms with Gasteiger partial charge in [0.05, 0.1) is 40.9 Å². The number of rotatable bonds is 22. The van der Waals surface area contributed by atoms with E-state index in [1.807, 2.05) is 5.32 Å². The number of nitrogens with one attached hydrogen (secondary N) is 2. The minimum absolute atomic E-state index is 0.0973. The molecule has 37 heteroatoms. The number of alkyl halides is 8. The third-order valence-corrected chi connectivity index (χ3v) is 18.6. The molecule has 8 rings (SSSR count). The van der Waals surface area contributed by atoms with Crippen LogP contribution < -0.4 is 15.2 Å². The predicted octanol–water partition coefficient (Wildman–Crippen LogP) is 8.56. The van der Waals surface area contributed by atoms with Gasteiger partial charge in [-0.2, -0.15) is 45.3 Å². The third kappa shape index (κ3) is 15.6. The van der Waals surface area contributed by atoms with E-state index in [9.17, 15) is 95.7 Å². The standard InChI is InChI=1S/C56H52ClF10N8O15PS2/c1-25-13-27(50(80)70-37(51(81)82)20-42(78)79)17-39(90-91(83,84)85)45(25)52(2,3)21-41(77)75(92(86)87)22-38-44-35(57)10-9-32(47(44)74(71-38)24-54(60,61)62)31-8-7-30(11-12-53(4,5)93(6,88)89)68-46(31)36(16-26-14-28(58)18-29(59)15-26)69-40(76)23-73-49-43(48(72-73)56(65,66)67)33-19-34(33)55(49,63)64/h7-10,13-15,17-18,33-34,36-37H,16,19-24H2,1-6H3,(H,69,76)(H,70,80)(H,78,79)(H,81,82)(H,86,87)(H2,83,84,85)/t33-,34+,36-,37-/m0/s1. The second-order valence-corrected chi connectivity index (χ2v) is 28.1. The zero-order valence-electron chi connectivity index (χ0n) is 48.9. The summed E-state index contributed by atoms with van der Waals surface area (Å²) < 4.78 is 215. The molecule has 1 saturated carbocycles. The second kappa shape index (κ2) is 25.4. The lowest BCUT2D eigenvalue weighted by atomic mass is 9.78. The fourth-order valence-electron chi connectivity index (χ4n) is 11.0. The molecule has 93 heavy (non-hydrogen) atoms. The fourth-order valence-corrected chi connectivity index (χ4v) is 12.3. The Morgan fingerprint density at radius 1 is 0.935 bits per heavy atom. The number of phosphoric ester groups is 1. The number of aromatic nitrogens is 5. The smallest absolute Gasteiger partial charge is 0.481 e. The number of sulfone groups is 1. The van der Waals surface area contributed by atoms with Gasteiger partial charge in [-0.05, 0) is 99.0 Å². The van der Waals surface area contributed by atoms with E-state index in [1.165, 1.54) is 34.6 Å². The van der Waals surface area contributed by atoms with Crippen molar-refractivity contribution >= 4 is 81.1 Å². The van der Waals surface area contributed by atoms with Crippen molar-refractivity contribution in [2.75, 3.05) is 6.26 Å². The number of aliphatic carboxylic acids is 2. The lowest BCUT2D eigenvalue weighted by Gasteiger charge is -2.31. The highest BCUT2D eigenvalue weighted by Gasteiger charge is 2.68. The zero-order chi connectivity index (χ0) is 69.4. The van der Waals surface area contributed by atoms with Crippen molar-refractivity contribution in [1.29, 1.82) is 0 Å². The molecule has 0 saturated heterocycles. The summed E-state index contributed by atoms with van der Waals surface area (Å²) in [7, 11) is -9.58. The van der Waals surface area contributed by atoms with Crippen LogP contribution in [0.3, 0.4) is 0 Å². The predicted molar refractivity (Wildman–Crippen MR) is 307 cm³/mol. The highest BCUT2D eigenvalue weighted by molar-refractivity contribution is 7.92. The van der Waals surface area contributed by atoms with Gasteiger partial charge in [-0.3, -0.25) is 42.9 Å². The number of aryl methyl sites for hydroxylation is 1. The number of amides is 3. The Morgan fingerprint density at radius 3 is 2.14 bits per heavy atom. The van der Waals surface area contributed by atoms with Gasteiger partial charge in [-0.1, -0.05) is 37.4 Å². The van der Waals surface area contributed by atoms with E-state index in [0.717, 1.165) is 54.8 Å². The van der Waals surface area contributed by atoms with Crippen molar-refractivity contribution in [1.82, 2.24) is 39.5 Å². The largest absolute Gasteiger partial charge is 0.524 e. The van der Waals surface area contributed by atoms with Crippen LogP contribution in [-0.4, -0.2) is 119 Å². The molecule has 3 aromatic carbocycles. The summed E-state index contributed by atoms with van der Waals surface area (Å²) in [5.74, 6) is -12.2. The van der Waals surface area contributed by atoms with Gasteiger partial charge in [0.25, 0.3) is 23.1 Å². The molecule has 1 fully saturated rings. The van der Waals surface area contributed by atoms with Crippen LogP contribution in [0.5, 0.6) is 5.75 Å². The number of nitrogens with zero attached hydrogens (tertiary/aromatic N) is 6. The van der Waals surface area contributed by atoms with Crippen LogP contribution >= 0.6 is 19.4 Å². The minimum atomic E-state index is -5.60. The number of carboxylic acids is 2. The molecule has 6 aromatic rings. The van der Waals surface area contributed by atoms with E-state index in [-0.39, 0.29) is 48.9 Å². The number of fused-ring (bicyclic) bond motifs is 4. The van der Waals surface area contributed by atoms with Crippen molar-refractivity contribution in [3.05, 3.63) is 128 Å². The Bertz CT molecular complexity index is 4340. The fraction of sp³-hybridized carbons (Fsp3) is 0.393. The van der Waals surface area contributed by atoms with Gasteiger partial charge < -0.3 is 25.4 Å². The van der Waals surface area contributed by atoms with Crippen LogP contribution in [0.4, 0.5) is 43.9 Å². The van der Waals surface area contributed by atoms with Crippen molar-refractivity contribution < 1.29 is 114 Å². The van der Waals surface area contributed by atoms with Crippen LogP contribution in [0.15, 0.2) is 54.6 Å². The monoisotopic (exact) mass is 1400 g/mol. The Balaban J connectivity index is 1.26. The number of carbonyl (C=O) groups is 5. The molecule has 3 aromatic heterocycles. The normalized spacial score (nSPS) is 16.5. The number of benzene rings is 3. The Labute approximate surface area is 527 Å². The Hall–Kier alpha value is -8.00. The maximum Gasteiger partial charge on any atom is 0.524 e. The quantitative estimate of drug-likeness (QED) is 0.0145. The molecular formula is C56H52ClF10N8O15PS2. The molecule has 7 N–H and O–H groups in total. The second-order valence-electron chi connectivity index (χ2n) is 23.1. The lowest BCUT2D eigenvalue weighted by Crippen LogP contribution is -2.42. The summed E-state index contributed by atoms with van der Waals surface area (Å²) in [6, 6.07) is 4.28. The molecule has 0 spiro atoms. The highest BCUT2D eigenvalue weighted by atomic mass is 35.5. The molecule has 3 amide bonds. The summed E-state index contributed by atoms with van der Waals surface area (Å²) >= 11 is 3.33. The van der Waals surface area contributed by atoms with Gasteiger partial charge in [-0.15, -0.1) is 0 Å². The van der Waals surface area contributed by atoms with Crippen molar-refractivity contribution in [2.24, 2.45) is 5.92 Å². The zero-order valence-corrected chi connectivity index (χ0v) is 52.2. The third-order valence-electron chi connectivity index (χ3n) is 15.2. The lowest BCUT2D eigenvalue weighted by molar-refractivity contribution is -0.145. The van der Waals surface area contributed by atoms with E-state index in [1.54, 1.807) is 0 Å². The molecule has 0 radical (unpaired) electrons. The number of carbonyl (C=O) groups excluding carboxylic acids is 3. The van der Waals surface area contributed by atoms with Gasteiger partial charge >= 0.3 is 32.1 Å². The maximum atomic E-state index is 15.7. The van der Waals surface area contributed by atoms with Crippen molar-refractivity contribution in [3.63, 3.8) is 0 Å². The number of carboxylic acid groups (broad SMARTS) is 2. The number of hydrogen-bond acceptors (Lipinski definition) is 13. The number of halogens is 11. The van der Waals surface area contributed by atoms with Crippen LogP contribution in [-0.2, 0) is 88.4 Å². The van der Waals surface area contributed by atoms with Crippen molar-refractivity contribution in [3.8, 4) is 28.7 Å². The topological polar surface area (TPSA) is 340 Å². The summed E-state index contributed by atoms with van der Waals surface area (Å²) in [6.07, 6.45) is -12.8. The van der Waals surface area contributed by atoms with E-state index < -0.39 is 217 Å². The van der Waals surface area contributed by atoms with Crippen LogP contribution in [0.25, 0.3) is 22.0 Å². The molecule has 2 aliphatic carbocycles. The Morgan fingerprint density at radius 2 is 1.57 bits per heavy atom. The van der Waals surface area contributed by atoms with E-state index >= 15 is 8.78 Å². The van der Waals surface area contributed by atoms with E-state index in [0.29, 0.717) is 10.7 Å². The van der Waals surface area contributed by atoms with Gasteiger partial charge in [0, 0.05) is 63.3 Å². The molecule has 500 valence electrons. The van der Waals surface area contributed by atoms with Gasteiger partial charge in [-0.25, -0.2) is 40.1 Å². The summed E-state index contributed by atoms with van der Waals surface area (Å²) in [5.41, 5.74) is -9.55. The average Bonchev–Trinajstić information content (AvgIpc) is 1.52. The molecule has 23 nitrogen and oxygen atoms in total. The molecule has 5 atom stereocenters. The summed E-state index contributed by atoms with van der Waals surface area (Å²) in [6.45, 7) is 1.60. The average molecular weight is 1400 g/mol. The summed E-state index contributed by atoms with van der Waals surface area (Å²) in [5, 5.41) is 29.5. The SMILES string of the molecule is Cc1cc(C(=O)N[C@@H](CC(=O)O)C(=O)O)cc(OP(=O)(O)O)c1C(C)(C)CC(=O)N(Cc1nn(CC(F)(F)F)c2c(-c3ccc(C#CC(C)(C)S(C)(=O)=O)nc3[C@H](Cc3cc(F)cc(F)c3)NC(=O)Cn3nc(C(F)(F)F)c4c3C(F)(F)[C@@H]3C[C@H]43)ccc(Cl)c12)S(=O)O. The first-order chi connectivity index (χ1) is 42.7. The number of phosphoric acid groups is 1. The molecule has 3 heterocycles. The molecule has 2 aliphatic rings. The molecule has 0 aliphatic heterocycles. The highest BCUT2D eigenvalue weighted by Crippen LogP contribution is 2.68. The van der Waals surface area contributed by atoms with Gasteiger partial charge in [0.2, 0.25) is 11.8 Å². The van der Waals surface area contributed by atoms with Crippen molar-refractivity contribution in [2.45, 2.75) is 126 Å². The first-order valence-electron chi connectivity index (χ1n) is 27.0. The van der Waals surface area contributed by atoms with Crippen LogP contribution in [0, 0.1) is 36.3 Å². The Kier molecular flexibility index (Phi) is 19.3. The van der Waals surface area contributed by atoms with Gasteiger partial charge in [0.1, 0.15) is 52.7 Å². The van der Waals surface area contributed by atoms with Gasteiger partial charge in [0.15, 0.2) is 15.5 Å². The number of pyridine rings is 1. The first-order valence-corrected chi connectivity index (χ1v) is 31.9. The van der Waals surface area contributed by atoms with Crippen LogP contribution in [0.2, 0.25) is 5.02 Å².